The highest BCUT2D eigenvalue weighted by molar-refractivity contribution is 6.90. The molecule has 0 spiro atoms. The van der Waals surface area contributed by atoms with E-state index in [0.717, 1.165) is 17.9 Å². The Hall–Kier alpha value is -0.963. The zero-order valence-electron chi connectivity index (χ0n) is 13.3. The van der Waals surface area contributed by atoms with Crippen molar-refractivity contribution in [3.8, 4) is 11.5 Å². The molecule has 0 aliphatic heterocycles. The Labute approximate surface area is 119 Å². The molecule has 0 bridgehead atoms. The minimum atomic E-state index is -1.48. The molecule has 0 fully saturated rings. The second kappa shape index (κ2) is 6.99. The van der Waals surface area contributed by atoms with Gasteiger partial charge in [0.1, 0.15) is 11.5 Å². The maximum absolute atomic E-state index is 5.62. The van der Waals surface area contributed by atoms with Crippen molar-refractivity contribution in [2.45, 2.75) is 52.2 Å². The molecule has 0 saturated carbocycles. The van der Waals surface area contributed by atoms with Gasteiger partial charge in [-0.2, -0.15) is 0 Å². The summed E-state index contributed by atoms with van der Waals surface area (Å²) < 4.78 is 11.2. The minimum Gasteiger partial charge on any atom is -0.497 e. The standard InChI is InChI=1S/C16H28O2Si/c1-7-8-9-10-13-11-14(17-2)16(19(4,5)6)15(12-13)18-3/h11-12H,7-10H2,1-6H3. The van der Waals surface area contributed by atoms with Gasteiger partial charge in [-0.05, 0) is 30.5 Å². The van der Waals surface area contributed by atoms with Gasteiger partial charge in [-0.25, -0.2) is 0 Å². The lowest BCUT2D eigenvalue weighted by Gasteiger charge is -2.24. The van der Waals surface area contributed by atoms with Crippen LogP contribution in [-0.2, 0) is 6.42 Å². The third kappa shape index (κ3) is 4.27. The van der Waals surface area contributed by atoms with Crippen molar-refractivity contribution in [1.82, 2.24) is 0 Å². The largest absolute Gasteiger partial charge is 0.497 e. The van der Waals surface area contributed by atoms with E-state index in [4.69, 9.17) is 9.47 Å². The monoisotopic (exact) mass is 280 g/mol. The summed E-state index contributed by atoms with van der Waals surface area (Å²) in [5.41, 5.74) is 1.32. The van der Waals surface area contributed by atoms with Gasteiger partial charge in [0.25, 0.3) is 0 Å². The van der Waals surface area contributed by atoms with Crippen molar-refractivity contribution < 1.29 is 9.47 Å². The quantitative estimate of drug-likeness (QED) is 0.555. The van der Waals surface area contributed by atoms with Crippen molar-refractivity contribution in [2.75, 3.05) is 14.2 Å². The van der Waals surface area contributed by atoms with E-state index in [1.54, 1.807) is 14.2 Å². The minimum absolute atomic E-state index is 1.00. The second-order valence-corrected chi connectivity index (χ2v) is 11.1. The predicted octanol–water partition coefficient (Wildman–Crippen LogP) is 3.98. The molecule has 0 N–H and O–H groups in total. The summed E-state index contributed by atoms with van der Waals surface area (Å²) >= 11 is 0. The fourth-order valence-corrected chi connectivity index (χ4v) is 4.26. The number of hydrogen-bond acceptors (Lipinski definition) is 2. The Kier molecular flexibility index (Phi) is 5.92. The Bertz CT molecular complexity index is 383. The van der Waals surface area contributed by atoms with Gasteiger partial charge >= 0.3 is 0 Å². The molecule has 0 unspecified atom stereocenters. The zero-order valence-corrected chi connectivity index (χ0v) is 14.3. The average Bonchev–Trinajstić information content (AvgIpc) is 2.36. The molecule has 3 heteroatoms. The van der Waals surface area contributed by atoms with Crippen LogP contribution in [0.4, 0.5) is 0 Å². The van der Waals surface area contributed by atoms with Crippen molar-refractivity contribution >= 4 is 13.3 Å². The molecule has 108 valence electrons. The highest BCUT2D eigenvalue weighted by Crippen LogP contribution is 2.26. The summed E-state index contributed by atoms with van der Waals surface area (Å²) in [7, 11) is 2.04. The van der Waals surface area contributed by atoms with E-state index in [2.05, 4.69) is 38.7 Å². The van der Waals surface area contributed by atoms with Gasteiger partial charge in [-0.15, -0.1) is 0 Å². The third-order valence-electron chi connectivity index (χ3n) is 3.38. The van der Waals surface area contributed by atoms with Crippen molar-refractivity contribution in [2.24, 2.45) is 0 Å². The number of hydrogen-bond donors (Lipinski definition) is 0. The third-order valence-corrected chi connectivity index (χ3v) is 5.38. The zero-order chi connectivity index (χ0) is 14.5. The van der Waals surface area contributed by atoms with Crippen LogP contribution in [0, 0.1) is 0 Å². The number of aryl methyl sites for hydroxylation is 1. The molecule has 2 nitrogen and oxygen atoms in total. The van der Waals surface area contributed by atoms with Gasteiger partial charge in [0.05, 0.1) is 22.3 Å². The molecule has 0 aliphatic carbocycles. The molecular weight excluding hydrogens is 252 g/mol. The maximum Gasteiger partial charge on any atom is 0.122 e. The normalized spacial score (nSPS) is 11.5. The first-order valence-corrected chi connectivity index (χ1v) is 10.7. The number of rotatable bonds is 7. The molecule has 0 heterocycles. The molecule has 19 heavy (non-hydrogen) atoms. The van der Waals surface area contributed by atoms with Gasteiger partial charge in [0.2, 0.25) is 0 Å². The van der Waals surface area contributed by atoms with Gasteiger partial charge < -0.3 is 9.47 Å². The maximum atomic E-state index is 5.62. The first-order chi connectivity index (χ1) is 8.93. The van der Waals surface area contributed by atoms with Crippen molar-refractivity contribution in [3.05, 3.63) is 17.7 Å². The van der Waals surface area contributed by atoms with E-state index in [9.17, 15) is 0 Å². The molecule has 0 aliphatic rings. The number of unbranched alkanes of at least 4 members (excludes halogenated alkanes) is 2. The SMILES string of the molecule is CCCCCc1cc(OC)c([Si](C)(C)C)c(OC)c1. The molecule has 1 aromatic carbocycles. The lowest BCUT2D eigenvalue weighted by Crippen LogP contribution is -2.39. The highest BCUT2D eigenvalue weighted by Gasteiger charge is 2.26. The first-order valence-electron chi connectivity index (χ1n) is 7.19. The molecule has 0 atom stereocenters. The topological polar surface area (TPSA) is 18.5 Å². The summed E-state index contributed by atoms with van der Waals surface area (Å²) in [6.45, 7) is 9.20. The molecule has 0 amide bonds. The summed E-state index contributed by atoms with van der Waals surface area (Å²) in [6.07, 6.45) is 4.86. The van der Waals surface area contributed by atoms with Crippen LogP contribution in [0.15, 0.2) is 12.1 Å². The fraction of sp³-hybridized carbons (Fsp3) is 0.625. The summed E-state index contributed by atoms with van der Waals surface area (Å²) in [5.74, 6) is 2.01. The van der Waals surface area contributed by atoms with Crippen LogP contribution in [0.3, 0.4) is 0 Å². The van der Waals surface area contributed by atoms with Crippen LogP contribution in [0.2, 0.25) is 19.6 Å². The van der Waals surface area contributed by atoms with Crippen LogP contribution < -0.4 is 14.7 Å². The molecular formula is C16H28O2Si. The van der Waals surface area contributed by atoms with Crippen molar-refractivity contribution in [3.63, 3.8) is 0 Å². The first kappa shape index (κ1) is 16.1. The van der Waals surface area contributed by atoms with Crippen LogP contribution in [0.1, 0.15) is 31.7 Å². The van der Waals surface area contributed by atoms with Gasteiger partial charge in [0, 0.05) is 5.19 Å². The number of benzene rings is 1. The van der Waals surface area contributed by atoms with Gasteiger partial charge in [-0.1, -0.05) is 39.4 Å². The average molecular weight is 280 g/mol. The Morgan fingerprint density at radius 2 is 1.47 bits per heavy atom. The van der Waals surface area contributed by atoms with E-state index >= 15 is 0 Å². The van der Waals surface area contributed by atoms with Crippen molar-refractivity contribution in [1.29, 1.82) is 0 Å². The van der Waals surface area contributed by atoms with E-state index in [-0.39, 0.29) is 0 Å². The van der Waals surface area contributed by atoms with E-state index in [0.29, 0.717) is 0 Å². The van der Waals surface area contributed by atoms with E-state index in [1.165, 1.54) is 30.0 Å². The second-order valence-electron chi connectivity index (χ2n) is 6.08. The Morgan fingerprint density at radius 3 is 1.84 bits per heavy atom. The smallest absolute Gasteiger partial charge is 0.122 e. The van der Waals surface area contributed by atoms with Gasteiger partial charge in [0.15, 0.2) is 0 Å². The summed E-state index contributed by atoms with van der Waals surface area (Å²) in [4.78, 5) is 0. The fourth-order valence-electron chi connectivity index (χ4n) is 2.43. The highest BCUT2D eigenvalue weighted by atomic mass is 28.3. The van der Waals surface area contributed by atoms with Crippen LogP contribution in [-0.4, -0.2) is 22.3 Å². The van der Waals surface area contributed by atoms with E-state index < -0.39 is 8.07 Å². The molecule has 0 saturated heterocycles. The summed E-state index contributed by atoms with van der Waals surface area (Å²) in [6, 6.07) is 4.40. The molecule has 1 rings (SSSR count). The van der Waals surface area contributed by atoms with Gasteiger partial charge in [-0.3, -0.25) is 0 Å². The van der Waals surface area contributed by atoms with Crippen LogP contribution in [0.25, 0.3) is 0 Å². The summed E-state index contributed by atoms with van der Waals surface area (Å²) in [5, 5.41) is 1.29. The lowest BCUT2D eigenvalue weighted by molar-refractivity contribution is 0.399. The van der Waals surface area contributed by atoms with Crippen LogP contribution in [0.5, 0.6) is 11.5 Å². The van der Waals surface area contributed by atoms with E-state index in [1.807, 2.05) is 0 Å². The molecule has 1 aromatic rings. The predicted molar refractivity (Wildman–Crippen MR) is 85.8 cm³/mol. The lowest BCUT2D eigenvalue weighted by atomic mass is 10.1. The number of ether oxygens (including phenoxy) is 2. The molecule has 0 radical (unpaired) electrons. The molecule has 0 aromatic heterocycles. The van der Waals surface area contributed by atoms with Crippen LogP contribution >= 0.6 is 0 Å². The number of methoxy groups -OCH3 is 2. The Morgan fingerprint density at radius 1 is 0.947 bits per heavy atom. The Balaban J connectivity index is 3.13.